The van der Waals surface area contributed by atoms with Crippen LogP contribution in [0, 0.1) is 0 Å². The van der Waals surface area contributed by atoms with Crippen LogP contribution in [-0.4, -0.2) is 20.9 Å². The highest BCUT2D eigenvalue weighted by molar-refractivity contribution is 9.10. The summed E-state index contributed by atoms with van der Waals surface area (Å²) in [6.07, 6.45) is -3.09. The first-order chi connectivity index (χ1) is 10.7. The van der Waals surface area contributed by atoms with Crippen molar-refractivity contribution in [3.63, 3.8) is 0 Å². The number of carboxylic acids is 1. The molecule has 0 bridgehead atoms. The van der Waals surface area contributed by atoms with Gasteiger partial charge in [0.25, 0.3) is 0 Å². The number of nitrogens with zero attached hydrogens (tertiary/aromatic N) is 2. The van der Waals surface area contributed by atoms with Crippen molar-refractivity contribution in [1.82, 2.24) is 9.78 Å². The van der Waals surface area contributed by atoms with Crippen LogP contribution in [0.25, 0.3) is 6.08 Å². The van der Waals surface area contributed by atoms with Gasteiger partial charge in [-0.25, -0.2) is 4.79 Å². The summed E-state index contributed by atoms with van der Waals surface area (Å²) >= 11 is 4.35. The van der Waals surface area contributed by atoms with Crippen molar-refractivity contribution >= 4 is 39.7 Å². The van der Waals surface area contributed by atoms with Crippen molar-refractivity contribution < 1.29 is 23.1 Å². The fraction of sp³-hybridized carbons (Fsp3) is 0.143. The highest BCUT2D eigenvalue weighted by Crippen LogP contribution is 2.39. The van der Waals surface area contributed by atoms with Gasteiger partial charge in [-0.1, -0.05) is 27.7 Å². The molecule has 0 spiro atoms. The highest BCUT2D eigenvalue weighted by Gasteiger charge is 2.38. The van der Waals surface area contributed by atoms with E-state index in [0.717, 1.165) is 27.0 Å². The maximum Gasteiger partial charge on any atom is 0.435 e. The molecular formula is C14H10BrF3N2O2S. The third-order valence-corrected chi connectivity index (χ3v) is 4.43. The highest BCUT2D eigenvalue weighted by atomic mass is 79.9. The van der Waals surface area contributed by atoms with Gasteiger partial charge in [-0.3, -0.25) is 4.68 Å². The van der Waals surface area contributed by atoms with E-state index in [2.05, 4.69) is 21.0 Å². The number of halogens is 4. The Bertz CT molecular complexity index is 755. The third-order valence-electron chi connectivity index (χ3n) is 2.72. The molecule has 0 unspecified atom stereocenters. The summed E-state index contributed by atoms with van der Waals surface area (Å²) in [6.45, 7) is 0. The molecule has 122 valence electrons. The van der Waals surface area contributed by atoms with Gasteiger partial charge in [0.1, 0.15) is 5.03 Å². The molecule has 0 radical (unpaired) electrons. The average molecular weight is 407 g/mol. The Hall–Kier alpha value is -1.74. The predicted octanol–water partition coefficient (Wildman–Crippen LogP) is 4.45. The second-order valence-electron chi connectivity index (χ2n) is 4.42. The number of carboxylic acid groups (broad SMARTS) is 1. The summed E-state index contributed by atoms with van der Waals surface area (Å²) < 4.78 is 41.2. The van der Waals surface area contributed by atoms with Gasteiger partial charge in [0.05, 0.1) is 0 Å². The van der Waals surface area contributed by atoms with Crippen molar-refractivity contribution in [1.29, 1.82) is 0 Å². The van der Waals surface area contributed by atoms with Crippen molar-refractivity contribution in [3.8, 4) is 0 Å². The van der Waals surface area contributed by atoms with Gasteiger partial charge in [0.15, 0.2) is 5.69 Å². The van der Waals surface area contributed by atoms with Crippen LogP contribution in [0.1, 0.15) is 11.3 Å². The van der Waals surface area contributed by atoms with E-state index in [4.69, 9.17) is 5.11 Å². The predicted molar refractivity (Wildman–Crippen MR) is 83.1 cm³/mol. The topological polar surface area (TPSA) is 55.1 Å². The lowest BCUT2D eigenvalue weighted by Crippen LogP contribution is -2.08. The molecule has 0 aliphatic carbocycles. The lowest BCUT2D eigenvalue weighted by Gasteiger charge is -2.05. The zero-order chi connectivity index (χ0) is 17.2. The van der Waals surface area contributed by atoms with Gasteiger partial charge >= 0.3 is 12.1 Å². The number of hydrogen-bond acceptors (Lipinski definition) is 3. The Morgan fingerprint density at radius 1 is 1.35 bits per heavy atom. The molecule has 23 heavy (non-hydrogen) atoms. The molecule has 0 amide bonds. The number of benzene rings is 1. The normalized spacial score (nSPS) is 12.0. The first-order valence-electron chi connectivity index (χ1n) is 6.17. The van der Waals surface area contributed by atoms with Gasteiger partial charge in [-0.15, -0.1) is 0 Å². The van der Waals surface area contributed by atoms with Crippen molar-refractivity contribution in [2.75, 3.05) is 0 Å². The lowest BCUT2D eigenvalue weighted by molar-refractivity contribution is -0.141. The van der Waals surface area contributed by atoms with E-state index >= 15 is 0 Å². The molecule has 0 atom stereocenters. The minimum absolute atomic E-state index is 0.206. The number of hydrogen-bond donors (Lipinski definition) is 1. The van der Waals surface area contributed by atoms with Crippen molar-refractivity contribution in [3.05, 3.63) is 46.1 Å². The molecule has 2 aromatic rings. The average Bonchev–Trinajstić information content (AvgIpc) is 2.76. The second-order valence-corrected chi connectivity index (χ2v) is 6.39. The Balaban J connectivity index is 2.50. The van der Waals surface area contributed by atoms with Gasteiger partial charge in [-0.05, 0) is 30.3 Å². The number of carbonyl (C=O) groups is 1. The largest absolute Gasteiger partial charge is 0.478 e. The Labute approximate surface area is 142 Å². The summed E-state index contributed by atoms with van der Waals surface area (Å²) in [7, 11) is 1.38. The van der Waals surface area contributed by atoms with Crippen LogP contribution in [-0.2, 0) is 18.0 Å². The summed E-state index contributed by atoms with van der Waals surface area (Å²) in [5.74, 6) is -1.33. The Kier molecular flexibility index (Phi) is 5.20. The fourth-order valence-corrected chi connectivity index (χ4v) is 2.98. The van der Waals surface area contributed by atoms with Crippen LogP contribution in [0.2, 0.25) is 0 Å². The van der Waals surface area contributed by atoms with Crippen LogP contribution < -0.4 is 0 Å². The first-order valence-corrected chi connectivity index (χ1v) is 7.78. The van der Waals surface area contributed by atoms with Gasteiger partial charge in [0, 0.05) is 28.1 Å². The van der Waals surface area contributed by atoms with Crippen LogP contribution in [0.3, 0.4) is 0 Å². The molecule has 1 N–H and O–H groups in total. The zero-order valence-electron chi connectivity index (χ0n) is 11.6. The zero-order valence-corrected chi connectivity index (χ0v) is 14.0. The van der Waals surface area contributed by atoms with Gasteiger partial charge in [-0.2, -0.15) is 18.3 Å². The summed E-state index contributed by atoms with van der Waals surface area (Å²) in [5.41, 5.74) is -1.38. The fourth-order valence-electron chi connectivity index (χ4n) is 1.77. The minimum Gasteiger partial charge on any atom is -0.478 e. The van der Waals surface area contributed by atoms with E-state index in [-0.39, 0.29) is 10.6 Å². The van der Waals surface area contributed by atoms with Crippen molar-refractivity contribution in [2.45, 2.75) is 16.1 Å². The molecule has 1 aromatic carbocycles. The van der Waals surface area contributed by atoms with Gasteiger partial charge in [0.2, 0.25) is 0 Å². The monoisotopic (exact) mass is 406 g/mol. The molecule has 1 aromatic heterocycles. The molecule has 2 rings (SSSR count). The standard InChI is InChI=1S/C14H10BrF3N2O2S/c1-20-13(23-9-4-2-8(15)3-5-9)10(6-7-11(21)22)12(19-20)14(16,17)18/h2-7H,1H3,(H,21,22)/b7-6+. The molecule has 4 nitrogen and oxygen atoms in total. The van der Waals surface area contributed by atoms with E-state index in [9.17, 15) is 18.0 Å². The molecule has 1 heterocycles. The minimum atomic E-state index is -4.67. The lowest BCUT2D eigenvalue weighted by atomic mass is 10.2. The SMILES string of the molecule is Cn1nc(C(F)(F)F)c(/C=C/C(=O)O)c1Sc1ccc(Br)cc1. The number of aromatic nitrogens is 2. The van der Waals surface area contributed by atoms with E-state index in [0.29, 0.717) is 11.0 Å². The molecule has 0 saturated heterocycles. The summed E-state index contributed by atoms with van der Waals surface area (Å²) in [4.78, 5) is 11.3. The van der Waals surface area contributed by atoms with E-state index in [1.165, 1.54) is 7.05 Å². The van der Waals surface area contributed by atoms with E-state index in [1.807, 2.05) is 0 Å². The van der Waals surface area contributed by atoms with E-state index in [1.54, 1.807) is 24.3 Å². The number of rotatable bonds is 4. The maximum absolute atomic E-state index is 13.1. The molecular weight excluding hydrogens is 397 g/mol. The molecule has 9 heteroatoms. The third kappa shape index (κ3) is 4.38. The Morgan fingerprint density at radius 3 is 2.48 bits per heavy atom. The molecule has 0 aliphatic heterocycles. The number of aryl methyl sites for hydroxylation is 1. The number of aliphatic carboxylic acids is 1. The first kappa shape index (κ1) is 17.6. The quantitative estimate of drug-likeness (QED) is 0.761. The molecule has 0 fully saturated rings. The summed E-state index contributed by atoms with van der Waals surface area (Å²) in [5, 5.41) is 12.4. The molecule has 0 saturated carbocycles. The van der Waals surface area contributed by atoms with Crippen LogP contribution in [0.4, 0.5) is 13.2 Å². The second kappa shape index (κ2) is 6.79. The van der Waals surface area contributed by atoms with Crippen LogP contribution in [0.5, 0.6) is 0 Å². The van der Waals surface area contributed by atoms with Crippen LogP contribution in [0.15, 0.2) is 44.7 Å². The summed E-state index contributed by atoms with van der Waals surface area (Å²) in [6, 6.07) is 6.99. The number of alkyl halides is 3. The van der Waals surface area contributed by atoms with Crippen LogP contribution >= 0.6 is 27.7 Å². The smallest absolute Gasteiger partial charge is 0.435 e. The van der Waals surface area contributed by atoms with Gasteiger partial charge < -0.3 is 5.11 Å². The molecule has 0 aliphatic rings. The maximum atomic E-state index is 13.1. The Morgan fingerprint density at radius 2 is 1.96 bits per heavy atom. The van der Waals surface area contributed by atoms with Crippen molar-refractivity contribution in [2.24, 2.45) is 7.05 Å². The van der Waals surface area contributed by atoms with E-state index < -0.39 is 17.8 Å².